The lowest BCUT2D eigenvalue weighted by Gasteiger charge is -2.35. The molecule has 1 heterocycles. The van der Waals surface area contributed by atoms with Crippen LogP contribution in [0.1, 0.15) is 52.8 Å². The number of carbonyl (C=O) groups excluding carboxylic acids is 3. The van der Waals surface area contributed by atoms with Gasteiger partial charge in [0, 0.05) is 10.5 Å². The Hall–Kier alpha value is -2.68. The van der Waals surface area contributed by atoms with Crippen molar-refractivity contribution in [3.63, 3.8) is 0 Å². The minimum Gasteiger partial charge on any atom is -0.423 e. The van der Waals surface area contributed by atoms with Crippen molar-refractivity contribution in [2.24, 2.45) is 11.1 Å². The topological polar surface area (TPSA) is 111 Å². The van der Waals surface area contributed by atoms with Gasteiger partial charge in [0.1, 0.15) is 12.0 Å². The van der Waals surface area contributed by atoms with Gasteiger partial charge in [-0.05, 0) is 101 Å². The lowest BCUT2D eigenvalue weighted by atomic mass is 9.77. The van der Waals surface area contributed by atoms with Crippen molar-refractivity contribution in [1.82, 2.24) is 10.6 Å². The zero-order chi connectivity index (χ0) is 24.6. The molecular formula is C26H33N3O4S. The van der Waals surface area contributed by atoms with E-state index in [-0.39, 0.29) is 11.3 Å². The molecule has 1 saturated heterocycles. The summed E-state index contributed by atoms with van der Waals surface area (Å²) >= 11 is 1.53. The van der Waals surface area contributed by atoms with Gasteiger partial charge in [0.25, 0.3) is 0 Å². The number of esters is 1. The summed E-state index contributed by atoms with van der Waals surface area (Å²) < 4.78 is 4.84. The van der Waals surface area contributed by atoms with Gasteiger partial charge in [-0.25, -0.2) is 4.79 Å². The van der Waals surface area contributed by atoms with Gasteiger partial charge in [-0.15, -0.1) is 11.8 Å². The molecule has 8 heteroatoms. The summed E-state index contributed by atoms with van der Waals surface area (Å²) in [4.78, 5) is 36.4. The molecule has 34 heavy (non-hydrogen) atoms. The number of piperidine rings is 1. The number of nitrogens with one attached hydrogen (secondary N) is 2. The Morgan fingerprint density at radius 1 is 1.00 bits per heavy atom. The smallest absolute Gasteiger partial charge is 0.343 e. The van der Waals surface area contributed by atoms with Gasteiger partial charge >= 0.3 is 5.97 Å². The molecule has 1 amide bonds. The number of primary amides is 1. The molecule has 4 N–H and O–H groups in total. The lowest BCUT2D eigenvalue weighted by Crippen LogP contribution is -2.42. The van der Waals surface area contributed by atoms with Crippen molar-refractivity contribution < 1.29 is 19.1 Å². The molecule has 0 aromatic heterocycles. The number of aldehydes is 1. The van der Waals surface area contributed by atoms with Crippen LogP contribution >= 0.6 is 11.8 Å². The highest BCUT2D eigenvalue weighted by Gasteiger charge is 2.52. The van der Waals surface area contributed by atoms with Crippen molar-refractivity contribution in [3.05, 3.63) is 59.7 Å². The Kier molecular flexibility index (Phi) is 8.88. The van der Waals surface area contributed by atoms with E-state index in [0.29, 0.717) is 16.9 Å². The monoisotopic (exact) mass is 483 g/mol. The second-order valence-corrected chi connectivity index (χ2v) is 10.4. The molecule has 182 valence electrons. The first-order chi connectivity index (χ1) is 16.3. The summed E-state index contributed by atoms with van der Waals surface area (Å²) in [5.74, 6) is -0.319. The average molecular weight is 484 g/mol. The zero-order valence-corrected chi connectivity index (χ0v) is 20.6. The molecule has 1 atom stereocenters. The molecule has 2 aliphatic rings. The van der Waals surface area contributed by atoms with E-state index in [1.807, 2.05) is 26.2 Å². The van der Waals surface area contributed by atoms with Crippen LogP contribution in [-0.4, -0.2) is 50.1 Å². The highest BCUT2D eigenvalue weighted by molar-refractivity contribution is 8.01. The number of benzene rings is 2. The minimum atomic E-state index is -0.587. The number of thioether (sulfide) groups is 1. The van der Waals surface area contributed by atoms with Crippen LogP contribution < -0.4 is 21.1 Å². The zero-order valence-electron chi connectivity index (χ0n) is 19.8. The fraction of sp³-hybridized carbons (Fsp3) is 0.423. The number of ether oxygens (including phenoxy) is 1. The van der Waals surface area contributed by atoms with Crippen molar-refractivity contribution in [1.29, 1.82) is 0 Å². The number of amides is 1. The third-order valence-corrected chi connectivity index (χ3v) is 7.91. The molecule has 1 spiro atoms. The molecule has 7 nitrogen and oxygen atoms in total. The average Bonchev–Trinajstić information content (AvgIpc) is 3.20. The summed E-state index contributed by atoms with van der Waals surface area (Å²) in [7, 11) is 3.75. The van der Waals surface area contributed by atoms with Crippen LogP contribution in [0.15, 0.2) is 53.4 Å². The van der Waals surface area contributed by atoms with Crippen LogP contribution in [0.5, 0.6) is 5.75 Å². The Morgan fingerprint density at radius 3 is 2.18 bits per heavy atom. The van der Waals surface area contributed by atoms with E-state index in [9.17, 15) is 14.4 Å². The molecule has 2 aromatic carbocycles. The van der Waals surface area contributed by atoms with Gasteiger partial charge in [0.15, 0.2) is 0 Å². The van der Waals surface area contributed by atoms with E-state index in [0.717, 1.165) is 56.4 Å². The summed E-state index contributed by atoms with van der Waals surface area (Å²) in [5.41, 5.74) is 6.97. The molecule has 2 fully saturated rings. The molecule has 1 saturated carbocycles. The Bertz CT molecular complexity index is 988. The largest absolute Gasteiger partial charge is 0.423 e. The van der Waals surface area contributed by atoms with Crippen LogP contribution in [0.25, 0.3) is 0 Å². The summed E-state index contributed by atoms with van der Waals surface area (Å²) in [5, 5.41) is 6.15. The van der Waals surface area contributed by atoms with E-state index in [4.69, 9.17) is 10.5 Å². The normalized spacial score (nSPS) is 20.8. The Morgan fingerprint density at radius 2 is 1.62 bits per heavy atom. The highest BCUT2D eigenvalue weighted by atomic mass is 32.2. The minimum absolute atomic E-state index is 0.210. The fourth-order valence-electron chi connectivity index (χ4n) is 4.65. The van der Waals surface area contributed by atoms with Crippen molar-refractivity contribution in [3.8, 4) is 5.75 Å². The molecular weight excluding hydrogens is 450 g/mol. The van der Waals surface area contributed by atoms with E-state index < -0.39 is 10.7 Å². The van der Waals surface area contributed by atoms with Crippen molar-refractivity contribution >= 4 is 29.9 Å². The number of hydrogen-bond donors (Lipinski definition) is 3. The van der Waals surface area contributed by atoms with Gasteiger partial charge < -0.3 is 21.1 Å². The number of carbonyl (C=O) groups is 3. The van der Waals surface area contributed by atoms with E-state index in [2.05, 4.69) is 10.6 Å². The Balaban J connectivity index is 0.00000103. The summed E-state index contributed by atoms with van der Waals surface area (Å²) in [6.45, 7) is 1.99. The van der Waals surface area contributed by atoms with Gasteiger partial charge in [-0.2, -0.15) is 0 Å². The van der Waals surface area contributed by atoms with Gasteiger partial charge in [-0.3, -0.25) is 9.59 Å². The first-order valence-corrected chi connectivity index (χ1v) is 12.3. The van der Waals surface area contributed by atoms with Crippen LogP contribution in [0, 0.1) is 5.41 Å². The van der Waals surface area contributed by atoms with Crippen LogP contribution in [0.4, 0.5) is 0 Å². The van der Waals surface area contributed by atoms with E-state index in [1.165, 1.54) is 11.8 Å². The Labute approximate surface area is 205 Å². The third-order valence-electron chi connectivity index (χ3n) is 6.46. The predicted octanol–water partition coefficient (Wildman–Crippen LogP) is 3.42. The molecule has 1 aliphatic heterocycles. The van der Waals surface area contributed by atoms with Crippen LogP contribution in [0.3, 0.4) is 0 Å². The first kappa shape index (κ1) is 25.9. The molecule has 4 rings (SSSR count). The maximum absolute atomic E-state index is 12.5. The van der Waals surface area contributed by atoms with Crippen LogP contribution in [-0.2, 0) is 4.79 Å². The predicted molar refractivity (Wildman–Crippen MR) is 134 cm³/mol. The molecule has 1 unspecified atom stereocenters. The number of nitrogens with two attached hydrogens (primary N) is 1. The maximum Gasteiger partial charge on any atom is 0.343 e. The SMILES string of the molecule is CNC.NC(=O)C1(Sc2ccc(OC(=O)c3ccc(C=O)cc3)cc2)CCC2(CCNCC2)C1. The number of hydrogen-bond acceptors (Lipinski definition) is 7. The number of rotatable bonds is 6. The van der Waals surface area contributed by atoms with E-state index in [1.54, 1.807) is 36.4 Å². The third kappa shape index (κ3) is 6.25. The highest BCUT2D eigenvalue weighted by Crippen LogP contribution is 2.56. The second kappa shape index (κ2) is 11.6. The van der Waals surface area contributed by atoms with Crippen molar-refractivity contribution in [2.45, 2.75) is 41.7 Å². The van der Waals surface area contributed by atoms with Gasteiger partial charge in [0.05, 0.1) is 10.3 Å². The molecule has 0 radical (unpaired) electrons. The fourth-order valence-corrected chi connectivity index (χ4v) is 6.05. The lowest BCUT2D eigenvalue weighted by molar-refractivity contribution is -0.120. The van der Waals surface area contributed by atoms with E-state index >= 15 is 0 Å². The summed E-state index contributed by atoms with van der Waals surface area (Å²) in [6, 6.07) is 13.4. The van der Waals surface area contributed by atoms with Gasteiger partial charge in [0.2, 0.25) is 5.91 Å². The first-order valence-electron chi connectivity index (χ1n) is 11.5. The molecule has 2 aromatic rings. The molecule has 0 bridgehead atoms. The standard InChI is InChI=1S/C24H26N2O4S.C2H7N/c25-22(29)24(10-9-23(16-24)11-13-26-14-12-23)31-20-7-5-19(6-8-20)30-21(28)18-3-1-17(15-27)2-4-18;1-3-2/h1-8,15,26H,9-14,16H2,(H2,25,29);3H,1-2H3. The summed E-state index contributed by atoms with van der Waals surface area (Å²) in [6.07, 6.45) is 5.54. The quantitative estimate of drug-likeness (QED) is 0.328. The molecule has 1 aliphatic carbocycles. The van der Waals surface area contributed by atoms with Crippen molar-refractivity contribution in [2.75, 3.05) is 27.2 Å². The maximum atomic E-state index is 12.5. The second-order valence-electron chi connectivity index (χ2n) is 8.99. The van der Waals surface area contributed by atoms with Crippen LogP contribution in [0.2, 0.25) is 0 Å². The van der Waals surface area contributed by atoms with Gasteiger partial charge in [-0.1, -0.05) is 12.1 Å².